The van der Waals surface area contributed by atoms with Gasteiger partial charge in [0.1, 0.15) is 0 Å². The number of nitrogens with zero attached hydrogens (tertiary/aromatic N) is 3. The van der Waals surface area contributed by atoms with Gasteiger partial charge >= 0.3 is 5.69 Å². The number of nitro benzene ring substituents is 1. The van der Waals surface area contributed by atoms with Crippen molar-refractivity contribution < 1.29 is 14.7 Å². The van der Waals surface area contributed by atoms with E-state index in [-0.39, 0.29) is 17.3 Å². The highest BCUT2D eigenvalue weighted by Gasteiger charge is 2.22. The summed E-state index contributed by atoms with van der Waals surface area (Å²) in [6, 6.07) is 3.03. The zero-order valence-corrected chi connectivity index (χ0v) is 11.4. The molecular weight excluding hydrogens is 276 g/mol. The number of nitrogens with one attached hydrogen (secondary N) is 1. The zero-order chi connectivity index (χ0) is 14.8. The van der Waals surface area contributed by atoms with Gasteiger partial charge in [0.25, 0.3) is 0 Å². The van der Waals surface area contributed by atoms with E-state index < -0.39 is 4.92 Å². The highest BCUT2D eigenvalue weighted by molar-refractivity contribution is 5.93. The molecule has 8 heteroatoms. The maximum Gasteiger partial charge on any atom is 0.300 e. The fourth-order valence-corrected chi connectivity index (χ4v) is 2.75. The molecule has 112 valence electrons. The number of anilines is 1. The smallest absolute Gasteiger partial charge is 0.300 e. The van der Waals surface area contributed by atoms with Crippen LogP contribution in [-0.4, -0.2) is 33.0 Å². The molecule has 0 aliphatic heterocycles. The normalized spacial score (nSPS) is 22.3. The summed E-state index contributed by atoms with van der Waals surface area (Å²) in [5.74, 6) is 0.485. The number of benzene rings is 1. The fourth-order valence-electron chi connectivity index (χ4n) is 2.75. The van der Waals surface area contributed by atoms with Crippen molar-refractivity contribution >= 4 is 22.4 Å². The highest BCUT2D eigenvalue weighted by atomic mass is 16.6. The summed E-state index contributed by atoms with van der Waals surface area (Å²) in [5, 5.41) is 31.0. The van der Waals surface area contributed by atoms with Gasteiger partial charge in [-0.3, -0.25) is 10.1 Å². The number of non-ortho nitro benzene ring substituents is 1. The molecule has 1 fully saturated rings. The van der Waals surface area contributed by atoms with Crippen molar-refractivity contribution in [2.24, 2.45) is 5.92 Å². The van der Waals surface area contributed by atoms with Crippen LogP contribution in [-0.2, 0) is 0 Å². The number of fused-ring (bicyclic) bond motifs is 1. The summed E-state index contributed by atoms with van der Waals surface area (Å²) in [5.41, 5.74) is 1.10. The maximum atomic E-state index is 10.9. The topological polar surface area (TPSA) is 114 Å². The Balaban J connectivity index is 1.74. The summed E-state index contributed by atoms with van der Waals surface area (Å²) < 4.78 is 4.62. The predicted octanol–water partition coefficient (Wildman–Crippen LogP) is 2.09. The lowest BCUT2D eigenvalue weighted by Crippen LogP contribution is -2.23. The van der Waals surface area contributed by atoms with Gasteiger partial charge in [-0.25, -0.2) is 4.63 Å². The van der Waals surface area contributed by atoms with Gasteiger partial charge in [-0.05, 0) is 48.0 Å². The van der Waals surface area contributed by atoms with Crippen molar-refractivity contribution in [1.29, 1.82) is 0 Å². The zero-order valence-electron chi connectivity index (χ0n) is 11.4. The van der Waals surface area contributed by atoms with Gasteiger partial charge in [0.2, 0.25) is 5.52 Å². The molecule has 1 saturated carbocycles. The largest absolute Gasteiger partial charge is 0.393 e. The monoisotopic (exact) mass is 292 g/mol. The first-order valence-corrected chi connectivity index (χ1v) is 6.96. The van der Waals surface area contributed by atoms with Crippen LogP contribution in [0.25, 0.3) is 11.0 Å². The number of rotatable bonds is 4. The van der Waals surface area contributed by atoms with Crippen molar-refractivity contribution in [3.63, 3.8) is 0 Å². The molecule has 0 unspecified atom stereocenters. The molecular formula is C13H16N4O4. The Bertz CT molecular complexity index is 649. The Morgan fingerprint density at radius 3 is 2.71 bits per heavy atom. The minimum Gasteiger partial charge on any atom is -0.393 e. The summed E-state index contributed by atoms with van der Waals surface area (Å²) >= 11 is 0. The lowest BCUT2D eigenvalue weighted by molar-refractivity contribution is -0.383. The van der Waals surface area contributed by atoms with Crippen LogP contribution in [0.1, 0.15) is 25.7 Å². The average molecular weight is 292 g/mol. The SMILES string of the molecule is O=[N+]([O-])c1ccc(NCC2CCC(O)CC2)c2nonc12. The van der Waals surface area contributed by atoms with Crippen molar-refractivity contribution in [2.45, 2.75) is 31.8 Å². The van der Waals surface area contributed by atoms with E-state index in [9.17, 15) is 15.2 Å². The molecule has 0 atom stereocenters. The number of nitro groups is 1. The van der Waals surface area contributed by atoms with Gasteiger partial charge in [-0.1, -0.05) is 0 Å². The molecule has 0 saturated heterocycles. The van der Waals surface area contributed by atoms with Gasteiger partial charge < -0.3 is 10.4 Å². The third-order valence-electron chi connectivity index (χ3n) is 3.99. The molecule has 0 radical (unpaired) electrons. The molecule has 1 heterocycles. The van der Waals surface area contributed by atoms with E-state index in [2.05, 4.69) is 20.3 Å². The van der Waals surface area contributed by atoms with Gasteiger partial charge in [0.15, 0.2) is 5.52 Å². The third-order valence-corrected chi connectivity index (χ3v) is 3.99. The Kier molecular flexibility index (Phi) is 3.70. The predicted molar refractivity (Wildman–Crippen MR) is 74.9 cm³/mol. The second-order valence-corrected chi connectivity index (χ2v) is 5.41. The first kappa shape index (κ1) is 13.7. The number of hydrogen-bond donors (Lipinski definition) is 2. The Hall–Kier alpha value is -2.22. The van der Waals surface area contributed by atoms with Crippen LogP contribution in [0.15, 0.2) is 16.8 Å². The average Bonchev–Trinajstić information content (AvgIpc) is 2.95. The number of aliphatic hydroxyl groups is 1. The Labute approximate surface area is 120 Å². The fraction of sp³-hybridized carbons (Fsp3) is 0.538. The molecule has 1 aliphatic rings. The minimum atomic E-state index is -0.501. The first-order valence-electron chi connectivity index (χ1n) is 6.96. The quantitative estimate of drug-likeness (QED) is 0.655. The van der Waals surface area contributed by atoms with Crippen LogP contribution >= 0.6 is 0 Å². The molecule has 1 aliphatic carbocycles. The van der Waals surface area contributed by atoms with E-state index in [1.807, 2.05) is 0 Å². The van der Waals surface area contributed by atoms with E-state index in [1.54, 1.807) is 6.07 Å². The third kappa shape index (κ3) is 2.80. The van der Waals surface area contributed by atoms with E-state index in [0.717, 1.165) is 32.2 Å². The van der Waals surface area contributed by atoms with Crippen molar-refractivity contribution in [2.75, 3.05) is 11.9 Å². The summed E-state index contributed by atoms with van der Waals surface area (Å²) in [4.78, 5) is 10.4. The van der Waals surface area contributed by atoms with Crippen LogP contribution in [0.3, 0.4) is 0 Å². The van der Waals surface area contributed by atoms with Crippen molar-refractivity contribution in [3.8, 4) is 0 Å². The maximum absolute atomic E-state index is 10.9. The molecule has 0 spiro atoms. The van der Waals surface area contributed by atoms with Crippen molar-refractivity contribution in [1.82, 2.24) is 10.3 Å². The van der Waals surface area contributed by atoms with Gasteiger partial charge in [-0.15, -0.1) is 0 Å². The summed E-state index contributed by atoms with van der Waals surface area (Å²) in [6.45, 7) is 0.743. The van der Waals surface area contributed by atoms with Gasteiger partial charge in [-0.2, -0.15) is 0 Å². The molecule has 1 aromatic carbocycles. The molecule has 3 rings (SSSR count). The first-order chi connectivity index (χ1) is 10.1. The lowest BCUT2D eigenvalue weighted by atomic mass is 9.87. The van der Waals surface area contributed by atoms with Crippen LogP contribution in [0, 0.1) is 16.0 Å². The van der Waals surface area contributed by atoms with Crippen LogP contribution in [0.4, 0.5) is 11.4 Å². The van der Waals surface area contributed by atoms with Crippen LogP contribution in [0.5, 0.6) is 0 Å². The molecule has 2 N–H and O–H groups in total. The summed E-state index contributed by atoms with van der Waals surface area (Å²) in [6.07, 6.45) is 3.43. The highest BCUT2D eigenvalue weighted by Crippen LogP contribution is 2.30. The second-order valence-electron chi connectivity index (χ2n) is 5.41. The number of aromatic nitrogens is 2. The van der Waals surface area contributed by atoms with E-state index in [1.165, 1.54) is 6.07 Å². The molecule has 0 amide bonds. The lowest BCUT2D eigenvalue weighted by Gasteiger charge is -2.25. The van der Waals surface area contributed by atoms with Gasteiger partial charge in [0, 0.05) is 12.6 Å². The summed E-state index contributed by atoms with van der Waals surface area (Å²) in [7, 11) is 0. The standard InChI is InChI=1S/C13H16N4O4/c18-9-3-1-8(2-4-9)7-14-10-5-6-11(17(19)20)13-12(10)15-21-16-13/h5-6,8-9,14,18H,1-4,7H2. The molecule has 8 nitrogen and oxygen atoms in total. The number of aliphatic hydroxyl groups excluding tert-OH is 1. The minimum absolute atomic E-state index is 0.113. The van der Waals surface area contributed by atoms with E-state index in [4.69, 9.17) is 0 Å². The molecule has 1 aromatic heterocycles. The van der Waals surface area contributed by atoms with E-state index >= 15 is 0 Å². The number of hydrogen-bond acceptors (Lipinski definition) is 7. The van der Waals surface area contributed by atoms with Crippen molar-refractivity contribution in [3.05, 3.63) is 22.2 Å². The molecule has 21 heavy (non-hydrogen) atoms. The van der Waals surface area contributed by atoms with Crippen LogP contribution < -0.4 is 5.32 Å². The Morgan fingerprint density at radius 2 is 2.00 bits per heavy atom. The Morgan fingerprint density at radius 1 is 1.29 bits per heavy atom. The molecule has 0 bridgehead atoms. The molecule has 2 aromatic rings. The van der Waals surface area contributed by atoms with E-state index in [0.29, 0.717) is 17.1 Å². The second kappa shape index (κ2) is 5.65. The van der Waals surface area contributed by atoms with Gasteiger partial charge in [0.05, 0.1) is 16.7 Å². The van der Waals surface area contributed by atoms with Crippen LogP contribution in [0.2, 0.25) is 0 Å².